The Bertz CT molecular complexity index is 218. The molecule has 0 bridgehead atoms. The maximum atomic E-state index is 5.28. The van der Waals surface area contributed by atoms with E-state index in [1.807, 2.05) is 12.1 Å². The summed E-state index contributed by atoms with van der Waals surface area (Å²) in [7, 11) is 4.40. The molecule has 68 valence electrons. The molecule has 1 heterocycles. The van der Waals surface area contributed by atoms with Crippen molar-refractivity contribution in [3.05, 3.63) is 24.2 Å². The molecule has 0 fully saturated rings. The fourth-order valence-electron chi connectivity index (χ4n) is 1.13. The first kappa shape index (κ1) is 9.81. The second-order valence-corrected chi connectivity index (χ2v) is 4.38. The quantitative estimate of drug-likeness (QED) is 0.574. The van der Waals surface area contributed by atoms with Gasteiger partial charge in [-0.05, 0) is 12.1 Å². The third-order valence-electron chi connectivity index (χ3n) is 1.85. The van der Waals surface area contributed by atoms with Crippen molar-refractivity contribution in [3.63, 3.8) is 0 Å². The van der Waals surface area contributed by atoms with E-state index in [-0.39, 0.29) is 0 Å². The molecule has 0 saturated heterocycles. The van der Waals surface area contributed by atoms with Crippen LogP contribution in [0.2, 0.25) is 0 Å². The smallest absolute Gasteiger partial charge is 0.158 e. The van der Waals surface area contributed by atoms with Gasteiger partial charge in [-0.25, -0.2) is 0 Å². The number of rotatable bonds is 4. The first-order valence-electron chi connectivity index (χ1n) is 4.04. The first-order valence-corrected chi connectivity index (χ1v) is 5.16. The van der Waals surface area contributed by atoms with Crippen molar-refractivity contribution < 1.29 is 8.90 Å². The summed E-state index contributed by atoms with van der Waals surface area (Å²) in [5, 5.41) is 1.03. The SMILES string of the molecule is C[N+](C)(CCBr)Cc1ccco1. The van der Waals surface area contributed by atoms with Crippen molar-refractivity contribution in [3.8, 4) is 0 Å². The zero-order valence-electron chi connectivity index (χ0n) is 7.59. The van der Waals surface area contributed by atoms with E-state index < -0.39 is 0 Å². The van der Waals surface area contributed by atoms with Gasteiger partial charge in [0.1, 0.15) is 6.54 Å². The van der Waals surface area contributed by atoms with Gasteiger partial charge in [0.05, 0.1) is 32.2 Å². The molecule has 0 aliphatic rings. The molecule has 1 aromatic rings. The van der Waals surface area contributed by atoms with E-state index in [0.29, 0.717) is 0 Å². The Labute approximate surface area is 81.9 Å². The third-order valence-corrected chi connectivity index (χ3v) is 2.21. The van der Waals surface area contributed by atoms with Gasteiger partial charge in [-0.1, -0.05) is 15.9 Å². The zero-order chi connectivity index (χ0) is 9.03. The predicted molar refractivity (Wildman–Crippen MR) is 53.2 cm³/mol. The van der Waals surface area contributed by atoms with Crippen LogP contribution in [0.3, 0.4) is 0 Å². The molecule has 1 aromatic heterocycles. The van der Waals surface area contributed by atoms with Crippen LogP contribution < -0.4 is 0 Å². The van der Waals surface area contributed by atoms with E-state index in [9.17, 15) is 0 Å². The molecule has 0 radical (unpaired) electrons. The minimum atomic E-state index is 0.957. The summed E-state index contributed by atoms with van der Waals surface area (Å²) >= 11 is 3.44. The Hall–Kier alpha value is -0.280. The number of halogens is 1. The Morgan fingerprint density at radius 1 is 1.50 bits per heavy atom. The fourth-order valence-corrected chi connectivity index (χ4v) is 2.09. The number of alkyl halides is 1. The summed E-state index contributed by atoms with van der Waals surface area (Å²) in [5.41, 5.74) is 0. The lowest BCUT2D eigenvalue weighted by molar-refractivity contribution is -0.902. The van der Waals surface area contributed by atoms with Crippen molar-refractivity contribution in [2.45, 2.75) is 6.54 Å². The highest BCUT2D eigenvalue weighted by Crippen LogP contribution is 2.09. The summed E-state index contributed by atoms with van der Waals surface area (Å²) in [5.74, 6) is 1.06. The number of quaternary nitrogens is 1. The Morgan fingerprint density at radius 2 is 2.25 bits per heavy atom. The minimum absolute atomic E-state index is 0.957. The Balaban J connectivity index is 2.50. The minimum Gasteiger partial charge on any atom is -0.463 e. The van der Waals surface area contributed by atoms with Gasteiger partial charge in [-0.2, -0.15) is 0 Å². The highest BCUT2D eigenvalue weighted by Gasteiger charge is 2.15. The summed E-state index contributed by atoms with van der Waals surface area (Å²) in [6.07, 6.45) is 1.73. The molecule has 0 spiro atoms. The number of nitrogens with zero attached hydrogens (tertiary/aromatic N) is 1. The molecule has 0 N–H and O–H groups in total. The average Bonchev–Trinajstić information content (AvgIpc) is 2.38. The van der Waals surface area contributed by atoms with Crippen molar-refractivity contribution >= 4 is 15.9 Å². The molecule has 0 amide bonds. The lowest BCUT2D eigenvalue weighted by atomic mass is 10.3. The monoisotopic (exact) mass is 232 g/mol. The number of hydrogen-bond donors (Lipinski definition) is 0. The van der Waals surface area contributed by atoms with Crippen LogP contribution >= 0.6 is 15.9 Å². The van der Waals surface area contributed by atoms with E-state index in [2.05, 4.69) is 30.0 Å². The van der Waals surface area contributed by atoms with Crippen LogP contribution in [-0.2, 0) is 6.54 Å². The van der Waals surface area contributed by atoms with Crippen LogP contribution in [0, 0.1) is 0 Å². The molecule has 0 aliphatic heterocycles. The van der Waals surface area contributed by atoms with Gasteiger partial charge in [-0.15, -0.1) is 0 Å². The summed E-state index contributed by atoms with van der Waals surface area (Å²) in [4.78, 5) is 0. The van der Waals surface area contributed by atoms with Crippen molar-refractivity contribution in [1.82, 2.24) is 0 Å². The molecule has 0 unspecified atom stereocenters. The molecule has 2 nitrogen and oxygen atoms in total. The number of furan rings is 1. The van der Waals surface area contributed by atoms with E-state index >= 15 is 0 Å². The lowest BCUT2D eigenvalue weighted by Crippen LogP contribution is -2.40. The van der Waals surface area contributed by atoms with E-state index in [1.54, 1.807) is 6.26 Å². The third kappa shape index (κ3) is 2.99. The molecule has 0 atom stereocenters. The second-order valence-electron chi connectivity index (χ2n) is 3.59. The van der Waals surface area contributed by atoms with Gasteiger partial charge in [0.2, 0.25) is 0 Å². The normalized spacial score (nSPS) is 11.9. The van der Waals surface area contributed by atoms with Gasteiger partial charge in [0, 0.05) is 0 Å². The van der Waals surface area contributed by atoms with Crippen molar-refractivity contribution in [2.24, 2.45) is 0 Å². The topological polar surface area (TPSA) is 13.1 Å². The van der Waals surface area contributed by atoms with Gasteiger partial charge in [0.15, 0.2) is 5.76 Å². The molecule has 0 aliphatic carbocycles. The highest BCUT2D eigenvalue weighted by molar-refractivity contribution is 9.09. The van der Waals surface area contributed by atoms with Gasteiger partial charge >= 0.3 is 0 Å². The van der Waals surface area contributed by atoms with Crippen LogP contribution in [0.4, 0.5) is 0 Å². The van der Waals surface area contributed by atoms with Crippen LogP contribution in [0.15, 0.2) is 22.8 Å². The lowest BCUT2D eigenvalue weighted by Gasteiger charge is -2.27. The van der Waals surface area contributed by atoms with Crippen LogP contribution in [0.5, 0.6) is 0 Å². The van der Waals surface area contributed by atoms with E-state index in [4.69, 9.17) is 4.42 Å². The zero-order valence-corrected chi connectivity index (χ0v) is 9.17. The van der Waals surface area contributed by atoms with Crippen molar-refractivity contribution in [1.29, 1.82) is 0 Å². The first-order chi connectivity index (χ1) is 5.64. The largest absolute Gasteiger partial charge is 0.463 e. The maximum Gasteiger partial charge on any atom is 0.158 e. The summed E-state index contributed by atoms with van der Waals surface area (Å²) < 4.78 is 6.24. The van der Waals surface area contributed by atoms with E-state index in [0.717, 1.165) is 28.7 Å². The van der Waals surface area contributed by atoms with Crippen molar-refractivity contribution in [2.75, 3.05) is 26.0 Å². The van der Waals surface area contributed by atoms with Gasteiger partial charge in [0.25, 0.3) is 0 Å². The molecule has 1 rings (SSSR count). The van der Waals surface area contributed by atoms with Crippen LogP contribution in [0.1, 0.15) is 5.76 Å². The molecule has 3 heteroatoms. The molecular formula is C9H15BrNO+. The average molecular weight is 233 g/mol. The number of hydrogen-bond acceptors (Lipinski definition) is 1. The Morgan fingerprint density at radius 3 is 2.75 bits per heavy atom. The Kier molecular flexibility index (Phi) is 3.35. The van der Waals surface area contributed by atoms with Crippen LogP contribution in [-0.4, -0.2) is 30.5 Å². The summed E-state index contributed by atoms with van der Waals surface area (Å²) in [6, 6.07) is 3.96. The predicted octanol–water partition coefficient (Wildman–Crippen LogP) is 2.25. The van der Waals surface area contributed by atoms with Crippen LogP contribution in [0.25, 0.3) is 0 Å². The standard InChI is InChI=1S/C9H15BrNO/c1-11(2,6-5-10)8-9-4-3-7-12-9/h3-4,7H,5-6,8H2,1-2H3/q+1. The maximum absolute atomic E-state index is 5.28. The molecule has 12 heavy (non-hydrogen) atoms. The van der Waals surface area contributed by atoms with E-state index in [1.165, 1.54) is 0 Å². The molecular weight excluding hydrogens is 218 g/mol. The molecule has 0 saturated carbocycles. The summed E-state index contributed by atoms with van der Waals surface area (Å²) in [6.45, 7) is 2.07. The van der Waals surface area contributed by atoms with Gasteiger partial charge < -0.3 is 8.90 Å². The van der Waals surface area contributed by atoms with Gasteiger partial charge in [-0.3, -0.25) is 0 Å². The fraction of sp³-hybridized carbons (Fsp3) is 0.556. The molecule has 0 aromatic carbocycles. The second kappa shape index (κ2) is 4.10. The highest BCUT2D eigenvalue weighted by atomic mass is 79.9.